The number of amides is 1. The van der Waals surface area contributed by atoms with Crippen LogP contribution < -0.4 is 18.9 Å². The monoisotopic (exact) mass is 410 g/mol. The fraction of sp³-hybridized carbons (Fsp3) is 0.286. The molecule has 1 aliphatic rings. The molecule has 0 aliphatic carbocycles. The molecule has 3 heterocycles. The second-order valence-corrected chi connectivity index (χ2v) is 6.70. The van der Waals surface area contributed by atoms with Gasteiger partial charge in [-0.3, -0.25) is 9.89 Å². The number of hydrogen-bond acceptors (Lipinski definition) is 7. The summed E-state index contributed by atoms with van der Waals surface area (Å²) < 4.78 is 21.9. The first-order valence-electron chi connectivity index (χ1n) is 9.35. The molecule has 0 saturated carbocycles. The highest BCUT2D eigenvalue weighted by atomic mass is 16.5. The van der Waals surface area contributed by atoms with Crippen LogP contribution in [0.2, 0.25) is 0 Å². The molecule has 1 N–H and O–H groups in total. The topological polar surface area (TPSA) is 98.8 Å². The van der Waals surface area contributed by atoms with Gasteiger partial charge in [-0.05, 0) is 24.3 Å². The van der Waals surface area contributed by atoms with Crippen LogP contribution in [-0.4, -0.2) is 66.5 Å². The number of benzene rings is 1. The number of ether oxygens (including phenoxy) is 4. The summed E-state index contributed by atoms with van der Waals surface area (Å²) in [6.45, 7) is 0.988. The molecule has 1 aromatic carbocycles. The van der Waals surface area contributed by atoms with E-state index in [0.717, 1.165) is 5.56 Å². The molecule has 30 heavy (non-hydrogen) atoms. The Morgan fingerprint density at radius 1 is 1.07 bits per heavy atom. The molecular weight excluding hydrogens is 388 g/mol. The number of hydrogen-bond donors (Lipinski definition) is 1. The second kappa shape index (κ2) is 8.32. The Labute approximate surface area is 173 Å². The van der Waals surface area contributed by atoms with Crippen molar-refractivity contribution in [2.24, 2.45) is 0 Å². The van der Waals surface area contributed by atoms with E-state index in [-0.39, 0.29) is 12.0 Å². The van der Waals surface area contributed by atoms with Gasteiger partial charge in [-0.1, -0.05) is 6.07 Å². The fourth-order valence-corrected chi connectivity index (χ4v) is 3.24. The highest BCUT2D eigenvalue weighted by Gasteiger charge is 2.34. The lowest BCUT2D eigenvalue weighted by atomic mass is 10.1. The van der Waals surface area contributed by atoms with Crippen LogP contribution in [0.15, 0.2) is 42.6 Å². The molecule has 1 saturated heterocycles. The Balaban J connectivity index is 1.45. The van der Waals surface area contributed by atoms with Crippen LogP contribution in [0.4, 0.5) is 0 Å². The zero-order valence-electron chi connectivity index (χ0n) is 16.9. The Kier molecular flexibility index (Phi) is 5.42. The quantitative estimate of drug-likeness (QED) is 0.639. The van der Waals surface area contributed by atoms with Crippen molar-refractivity contribution in [1.82, 2.24) is 20.1 Å². The average Bonchev–Trinajstić information content (AvgIpc) is 3.25. The minimum absolute atomic E-state index is 0.0682. The van der Waals surface area contributed by atoms with Crippen molar-refractivity contribution in [2.75, 3.05) is 34.4 Å². The average molecular weight is 410 g/mol. The number of nitrogens with zero attached hydrogens (tertiary/aromatic N) is 3. The number of carbonyl (C=O) groups excluding carboxylic acids is 1. The van der Waals surface area contributed by atoms with Crippen molar-refractivity contribution in [1.29, 1.82) is 0 Å². The molecular formula is C21H22N4O5. The summed E-state index contributed by atoms with van der Waals surface area (Å²) in [5.74, 6) is 1.94. The normalized spacial score (nSPS) is 13.5. The number of pyridine rings is 1. The number of methoxy groups -OCH3 is 3. The van der Waals surface area contributed by atoms with Gasteiger partial charge in [-0.2, -0.15) is 5.10 Å². The maximum atomic E-state index is 12.7. The molecule has 2 aromatic heterocycles. The molecule has 1 aliphatic heterocycles. The second-order valence-electron chi connectivity index (χ2n) is 6.70. The van der Waals surface area contributed by atoms with Gasteiger partial charge >= 0.3 is 0 Å². The molecule has 4 rings (SSSR count). The van der Waals surface area contributed by atoms with E-state index in [1.165, 1.54) is 0 Å². The van der Waals surface area contributed by atoms with Gasteiger partial charge in [0.2, 0.25) is 11.6 Å². The van der Waals surface area contributed by atoms with Crippen LogP contribution in [0.25, 0.3) is 11.3 Å². The minimum Gasteiger partial charge on any atom is -0.493 e. The molecule has 1 amide bonds. The summed E-state index contributed by atoms with van der Waals surface area (Å²) in [4.78, 5) is 18.6. The van der Waals surface area contributed by atoms with Crippen molar-refractivity contribution >= 4 is 5.91 Å². The van der Waals surface area contributed by atoms with E-state index in [4.69, 9.17) is 18.9 Å². The molecule has 0 atom stereocenters. The predicted molar refractivity (Wildman–Crippen MR) is 108 cm³/mol. The Morgan fingerprint density at radius 3 is 2.40 bits per heavy atom. The summed E-state index contributed by atoms with van der Waals surface area (Å²) in [6.07, 6.45) is 1.60. The highest BCUT2D eigenvalue weighted by molar-refractivity contribution is 5.94. The summed E-state index contributed by atoms with van der Waals surface area (Å²) in [6, 6.07) is 10.8. The van der Waals surface area contributed by atoms with Crippen molar-refractivity contribution < 1.29 is 23.7 Å². The van der Waals surface area contributed by atoms with E-state index in [9.17, 15) is 4.79 Å². The van der Waals surface area contributed by atoms with Gasteiger partial charge in [0, 0.05) is 17.8 Å². The summed E-state index contributed by atoms with van der Waals surface area (Å²) >= 11 is 0. The maximum absolute atomic E-state index is 12.7. The standard InChI is InChI=1S/C21H22N4O5/c1-27-17-8-13(9-18(28-2)20(17)29-3)15-10-16(24-23-15)21(26)25-11-14(12-25)30-19-6-4-5-7-22-19/h4-10,14H,11-12H2,1-3H3,(H,23,24). The van der Waals surface area contributed by atoms with E-state index in [2.05, 4.69) is 15.2 Å². The number of rotatable bonds is 7. The lowest BCUT2D eigenvalue weighted by Gasteiger charge is -2.38. The minimum atomic E-state index is -0.137. The molecule has 9 nitrogen and oxygen atoms in total. The zero-order chi connectivity index (χ0) is 21.1. The van der Waals surface area contributed by atoms with E-state index in [1.807, 2.05) is 12.1 Å². The maximum Gasteiger partial charge on any atom is 0.272 e. The van der Waals surface area contributed by atoms with Gasteiger partial charge in [-0.15, -0.1) is 0 Å². The third-order valence-electron chi connectivity index (χ3n) is 4.83. The van der Waals surface area contributed by atoms with Crippen LogP contribution in [0, 0.1) is 0 Å². The van der Waals surface area contributed by atoms with E-state index >= 15 is 0 Å². The van der Waals surface area contributed by atoms with Crippen molar-refractivity contribution in [3.05, 3.63) is 48.3 Å². The van der Waals surface area contributed by atoms with E-state index < -0.39 is 0 Å². The lowest BCUT2D eigenvalue weighted by molar-refractivity contribution is 0.0156. The number of aromatic amines is 1. The number of likely N-dealkylation sites (tertiary alicyclic amines) is 1. The van der Waals surface area contributed by atoms with Gasteiger partial charge in [0.1, 0.15) is 11.8 Å². The van der Waals surface area contributed by atoms with Crippen molar-refractivity contribution in [2.45, 2.75) is 6.10 Å². The summed E-state index contributed by atoms with van der Waals surface area (Å²) in [7, 11) is 4.64. The van der Waals surface area contributed by atoms with Crippen LogP contribution in [0.5, 0.6) is 23.1 Å². The van der Waals surface area contributed by atoms with Crippen molar-refractivity contribution in [3.8, 4) is 34.4 Å². The largest absolute Gasteiger partial charge is 0.493 e. The third-order valence-corrected chi connectivity index (χ3v) is 4.83. The van der Waals surface area contributed by atoms with Crippen LogP contribution in [-0.2, 0) is 0 Å². The van der Waals surface area contributed by atoms with Gasteiger partial charge < -0.3 is 23.8 Å². The Hall–Kier alpha value is -3.75. The van der Waals surface area contributed by atoms with E-state index in [0.29, 0.717) is 47.6 Å². The van der Waals surface area contributed by atoms with Gasteiger partial charge in [-0.25, -0.2) is 4.98 Å². The molecule has 0 bridgehead atoms. The van der Waals surface area contributed by atoms with Crippen LogP contribution in [0.1, 0.15) is 10.5 Å². The fourth-order valence-electron chi connectivity index (χ4n) is 3.24. The third kappa shape index (κ3) is 3.73. The summed E-state index contributed by atoms with van der Waals surface area (Å²) in [5, 5.41) is 7.09. The Bertz CT molecular complexity index is 1010. The SMILES string of the molecule is COc1cc(-c2cc(C(=O)N3CC(Oc4ccccn4)C3)[nH]n2)cc(OC)c1OC. The van der Waals surface area contributed by atoms with Crippen molar-refractivity contribution in [3.63, 3.8) is 0 Å². The first-order chi connectivity index (χ1) is 14.6. The van der Waals surface area contributed by atoms with Gasteiger partial charge in [0.05, 0.1) is 40.1 Å². The molecule has 0 unspecified atom stereocenters. The Morgan fingerprint density at radius 2 is 1.80 bits per heavy atom. The number of aromatic nitrogens is 3. The number of nitrogens with one attached hydrogen (secondary N) is 1. The predicted octanol–water partition coefficient (Wildman–Crippen LogP) is 2.40. The van der Waals surface area contributed by atoms with Crippen LogP contribution >= 0.6 is 0 Å². The molecule has 0 spiro atoms. The zero-order valence-corrected chi connectivity index (χ0v) is 16.9. The first kappa shape index (κ1) is 19.6. The van der Waals surface area contributed by atoms with Crippen LogP contribution in [0.3, 0.4) is 0 Å². The highest BCUT2D eigenvalue weighted by Crippen LogP contribution is 2.40. The molecule has 156 valence electrons. The molecule has 9 heteroatoms. The lowest BCUT2D eigenvalue weighted by Crippen LogP contribution is -2.56. The number of H-pyrrole nitrogens is 1. The van der Waals surface area contributed by atoms with Gasteiger partial charge in [0.25, 0.3) is 5.91 Å². The molecule has 3 aromatic rings. The number of carbonyl (C=O) groups is 1. The smallest absolute Gasteiger partial charge is 0.272 e. The molecule has 0 radical (unpaired) electrons. The van der Waals surface area contributed by atoms with Gasteiger partial charge in [0.15, 0.2) is 11.5 Å². The first-order valence-corrected chi connectivity index (χ1v) is 9.35. The van der Waals surface area contributed by atoms with E-state index in [1.54, 1.807) is 56.7 Å². The summed E-state index contributed by atoms with van der Waals surface area (Å²) in [5.41, 5.74) is 1.73. The molecule has 1 fully saturated rings.